The van der Waals surface area contributed by atoms with Gasteiger partial charge in [-0.2, -0.15) is 0 Å². The highest BCUT2D eigenvalue weighted by molar-refractivity contribution is 6.21. The van der Waals surface area contributed by atoms with E-state index in [1.165, 1.54) is 21.9 Å². The van der Waals surface area contributed by atoms with Crippen LogP contribution in [0.3, 0.4) is 0 Å². The van der Waals surface area contributed by atoms with Gasteiger partial charge in [-0.1, -0.05) is 133 Å². The van der Waals surface area contributed by atoms with Crippen molar-refractivity contribution in [1.29, 1.82) is 0 Å². The largest absolute Gasteiger partial charge is 0.456 e. The lowest BCUT2D eigenvalue weighted by Gasteiger charge is -2.12. The minimum Gasteiger partial charge on any atom is -0.456 e. The summed E-state index contributed by atoms with van der Waals surface area (Å²) in [6.07, 6.45) is 0. The van der Waals surface area contributed by atoms with Crippen molar-refractivity contribution >= 4 is 76.2 Å². The molecule has 0 spiro atoms. The van der Waals surface area contributed by atoms with Crippen LogP contribution in [0.1, 0.15) is 0 Å². The molecule has 0 bridgehead atoms. The minimum absolute atomic E-state index is 0.572. The first-order valence-electron chi connectivity index (χ1n) is 18.8. The fourth-order valence-corrected chi connectivity index (χ4v) is 8.38. The van der Waals surface area contributed by atoms with Crippen molar-refractivity contribution in [2.24, 2.45) is 0 Å². The van der Waals surface area contributed by atoms with Crippen molar-refractivity contribution in [3.63, 3.8) is 0 Å². The average Bonchev–Trinajstić information content (AvgIpc) is 3.85. The van der Waals surface area contributed by atoms with E-state index in [4.69, 9.17) is 23.8 Å². The summed E-state index contributed by atoms with van der Waals surface area (Å²) in [5.41, 5.74) is 8.28. The number of hydrogen-bond donors (Lipinski definition) is 0. The monoisotopic (exact) mass is 715 g/mol. The first kappa shape index (κ1) is 30.8. The zero-order valence-corrected chi connectivity index (χ0v) is 29.9. The van der Waals surface area contributed by atoms with Gasteiger partial charge in [-0.15, -0.1) is 0 Å². The lowest BCUT2D eigenvalue weighted by atomic mass is 9.97. The smallest absolute Gasteiger partial charge is 0.164 e. The van der Waals surface area contributed by atoms with Crippen LogP contribution in [0.25, 0.3) is 121 Å². The Morgan fingerprint density at radius 1 is 0.304 bits per heavy atom. The zero-order valence-electron chi connectivity index (χ0n) is 29.9. The van der Waals surface area contributed by atoms with Gasteiger partial charge in [0.1, 0.15) is 22.3 Å². The molecule has 0 N–H and O–H groups in total. The molecule has 0 atom stereocenters. The van der Waals surface area contributed by atoms with Crippen LogP contribution < -0.4 is 0 Å². The van der Waals surface area contributed by atoms with Gasteiger partial charge in [-0.3, -0.25) is 0 Å². The van der Waals surface area contributed by atoms with Gasteiger partial charge in [-0.05, 0) is 80.5 Å². The second-order valence-electron chi connectivity index (χ2n) is 14.4. The third-order valence-electron chi connectivity index (χ3n) is 11.1. The molecule has 0 unspecified atom stereocenters. The molecule has 0 radical (unpaired) electrons. The lowest BCUT2D eigenvalue weighted by molar-refractivity contribution is 0.669. The van der Waals surface area contributed by atoms with Crippen molar-refractivity contribution < 1.29 is 8.83 Å². The molecule has 0 amide bonds. The van der Waals surface area contributed by atoms with Crippen LogP contribution >= 0.6 is 0 Å². The SMILES string of the molecule is c1ccc2cc(-c3ccc4cc(-c5nc(-c6cccc7oc8ccccc8c67)nc(-c6cc7ccccc7c7oc8ccccc8c67)n5)ccc4c3)ccc2c1. The summed E-state index contributed by atoms with van der Waals surface area (Å²) < 4.78 is 12.9. The Balaban J connectivity index is 1.09. The predicted octanol–water partition coefficient (Wildman–Crippen LogP) is 13.8. The summed E-state index contributed by atoms with van der Waals surface area (Å²) in [4.78, 5) is 15.8. The second-order valence-corrected chi connectivity index (χ2v) is 14.4. The third-order valence-corrected chi connectivity index (χ3v) is 11.1. The van der Waals surface area contributed by atoms with E-state index in [9.17, 15) is 0 Å². The molecule has 3 heterocycles. The van der Waals surface area contributed by atoms with E-state index in [1.54, 1.807) is 0 Å². The molecule has 3 aromatic heterocycles. The summed E-state index contributed by atoms with van der Waals surface area (Å²) >= 11 is 0. The quantitative estimate of drug-likeness (QED) is 0.181. The van der Waals surface area contributed by atoms with Gasteiger partial charge in [0.15, 0.2) is 17.5 Å². The summed E-state index contributed by atoms with van der Waals surface area (Å²) in [5, 5.41) is 10.8. The molecule has 0 aliphatic heterocycles. The van der Waals surface area contributed by atoms with Gasteiger partial charge in [0, 0.05) is 43.6 Å². The standard InChI is InChI=1S/C51H29N3O2/c1-2-11-31-26-32(21-20-30(31)10-1)33-22-23-35-28-37(25-24-34(35)27-33)49-52-50(41-16-9-19-45-46(41)39-14-5-7-17-43(39)55-45)54-51(53-49)42-29-36-12-3-4-13-38(36)48-47(42)40-15-6-8-18-44(40)56-48/h1-29H. The average molecular weight is 716 g/mol. The van der Waals surface area contributed by atoms with E-state index in [-0.39, 0.29) is 0 Å². The van der Waals surface area contributed by atoms with E-state index in [1.807, 2.05) is 54.6 Å². The third kappa shape index (κ3) is 4.78. The van der Waals surface area contributed by atoms with Crippen molar-refractivity contribution in [3.05, 3.63) is 176 Å². The van der Waals surface area contributed by atoms with Crippen molar-refractivity contribution in [3.8, 4) is 45.3 Å². The first-order valence-corrected chi connectivity index (χ1v) is 18.8. The van der Waals surface area contributed by atoms with Gasteiger partial charge in [-0.25, -0.2) is 15.0 Å². The Morgan fingerprint density at radius 3 is 1.59 bits per heavy atom. The number of fused-ring (bicyclic) bond motifs is 10. The summed E-state index contributed by atoms with van der Waals surface area (Å²) in [6.45, 7) is 0. The summed E-state index contributed by atoms with van der Waals surface area (Å²) in [6, 6.07) is 61.1. The zero-order chi connectivity index (χ0) is 36.7. The molecule has 9 aromatic carbocycles. The van der Waals surface area contributed by atoms with Crippen LogP contribution in [0.5, 0.6) is 0 Å². The number of benzene rings is 9. The van der Waals surface area contributed by atoms with Crippen molar-refractivity contribution in [1.82, 2.24) is 15.0 Å². The molecule has 0 aliphatic carbocycles. The minimum atomic E-state index is 0.572. The topological polar surface area (TPSA) is 65.0 Å². The number of nitrogens with zero attached hydrogens (tertiary/aromatic N) is 3. The molecule has 12 aromatic rings. The Kier molecular flexibility index (Phi) is 6.56. The molecule has 56 heavy (non-hydrogen) atoms. The highest BCUT2D eigenvalue weighted by Crippen LogP contribution is 2.42. The summed E-state index contributed by atoms with van der Waals surface area (Å²) in [7, 11) is 0. The maximum absolute atomic E-state index is 6.58. The molecule has 0 saturated heterocycles. The van der Waals surface area contributed by atoms with Gasteiger partial charge in [0.2, 0.25) is 0 Å². The van der Waals surface area contributed by atoms with Crippen LogP contribution in [0.2, 0.25) is 0 Å². The van der Waals surface area contributed by atoms with E-state index in [2.05, 4.69) is 121 Å². The maximum atomic E-state index is 6.58. The van der Waals surface area contributed by atoms with Crippen LogP contribution in [-0.2, 0) is 0 Å². The maximum Gasteiger partial charge on any atom is 0.164 e. The number of rotatable bonds is 4. The van der Waals surface area contributed by atoms with Crippen LogP contribution in [0.15, 0.2) is 185 Å². The van der Waals surface area contributed by atoms with Crippen molar-refractivity contribution in [2.45, 2.75) is 0 Å². The molecule has 260 valence electrons. The Morgan fingerprint density at radius 2 is 0.821 bits per heavy atom. The number of hydrogen-bond acceptors (Lipinski definition) is 5. The van der Waals surface area contributed by atoms with Crippen LogP contribution in [-0.4, -0.2) is 15.0 Å². The molecule has 5 nitrogen and oxygen atoms in total. The number of para-hydroxylation sites is 2. The fourth-order valence-electron chi connectivity index (χ4n) is 8.38. The second kappa shape index (κ2) is 11.9. The molecule has 5 heteroatoms. The number of furan rings is 2. The highest BCUT2D eigenvalue weighted by Gasteiger charge is 2.22. The Bertz CT molecular complexity index is 3560. The molecular formula is C51H29N3O2. The molecule has 0 fully saturated rings. The molecule has 0 aliphatic rings. The fraction of sp³-hybridized carbons (Fsp3) is 0. The predicted molar refractivity (Wildman–Crippen MR) is 229 cm³/mol. The van der Waals surface area contributed by atoms with Crippen molar-refractivity contribution in [2.75, 3.05) is 0 Å². The Labute approximate surface area is 320 Å². The number of aromatic nitrogens is 3. The summed E-state index contributed by atoms with van der Waals surface area (Å²) in [5.74, 6) is 1.73. The van der Waals surface area contributed by atoms with Gasteiger partial charge in [0.25, 0.3) is 0 Å². The van der Waals surface area contributed by atoms with E-state index < -0.39 is 0 Å². The molecule has 12 rings (SSSR count). The molecule has 0 saturated carbocycles. The first-order chi connectivity index (χ1) is 27.7. The van der Waals surface area contributed by atoms with Gasteiger partial charge in [0.05, 0.1) is 0 Å². The highest BCUT2D eigenvalue weighted by atomic mass is 16.3. The Hall–Kier alpha value is -7.63. The van der Waals surface area contributed by atoms with Crippen LogP contribution in [0, 0.1) is 0 Å². The van der Waals surface area contributed by atoms with E-state index in [0.717, 1.165) is 82.1 Å². The van der Waals surface area contributed by atoms with Crippen LogP contribution in [0.4, 0.5) is 0 Å². The normalized spacial score (nSPS) is 11.9. The van der Waals surface area contributed by atoms with Gasteiger partial charge < -0.3 is 8.83 Å². The van der Waals surface area contributed by atoms with Gasteiger partial charge >= 0.3 is 0 Å². The van der Waals surface area contributed by atoms with E-state index >= 15 is 0 Å². The lowest BCUT2D eigenvalue weighted by Crippen LogP contribution is -2.01. The van der Waals surface area contributed by atoms with E-state index in [0.29, 0.717) is 17.5 Å². The molecular weight excluding hydrogens is 687 g/mol.